The van der Waals surface area contributed by atoms with Crippen LogP contribution in [0.2, 0.25) is 0 Å². The van der Waals surface area contributed by atoms with Gasteiger partial charge in [-0.1, -0.05) is 79.7 Å². The van der Waals surface area contributed by atoms with E-state index in [0.29, 0.717) is 0 Å². The van der Waals surface area contributed by atoms with Crippen LogP contribution >= 0.6 is 0 Å². The molecule has 0 aliphatic heterocycles. The summed E-state index contributed by atoms with van der Waals surface area (Å²) in [6, 6.07) is 27.1. The van der Waals surface area contributed by atoms with Gasteiger partial charge in [-0.25, -0.2) is 0 Å². The third-order valence-electron chi connectivity index (χ3n) is 4.39. The highest BCUT2D eigenvalue weighted by Gasteiger charge is 2.23. The van der Waals surface area contributed by atoms with Gasteiger partial charge in [-0.05, 0) is 35.2 Å². The molecule has 1 N–H and O–H groups in total. The third-order valence-corrected chi connectivity index (χ3v) is 6.00. The van der Waals surface area contributed by atoms with E-state index in [9.17, 15) is 9.00 Å². The SMILES string of the molecule is CCc1ccc(NC(=O)CS(=O)C(c2ccccc2)c2ccccc2)cc1. The highest BCUT2D eigenvalue weighted by Crippen LogP contribution is 2.28. The van der Waals surface area contributed by atoms with Gasteiger partial charge in [0, 0.05) is 16.5 Å². The average molecular weight is 378 g/mol. The maximum absolute atomic E-state index is 13.1. The van der Waals surface area contributed by atoms with E-state index in [2.05, 4.69) is 12.2 Å². The van der Waals surface area contributed by atoms with Gasteiger partial charge in [0.2, 0.25) is 5.91 Å². The van der Waals surface area contributed by atoms with Crippen LogP contribution in [0.4, 0.5) is 5.69 Å². The summed E-state index contributed by atoms with van der Waals surface area (Å²) in [5.41, 5.74) is 3.83. The maximum atomic E-state index is 13.1. The van der Waals surface area contributed by atoms with E-state index >= 15 is 0 Å². The molecular weight excluding hydrogens is 354 g/mol. The monoisotopic (exact) mass is 377 g/mol. The molecule has 0 saturated heterocycles. The second kappa shape index (κ2) is 9.28. The Hall–Kier alpha value is -2.72. The summed E-state index contributed by atoms with van der Waals surface area (Å²) < 4.78 is 13.1. The highest BCUT2D eigenvalue weighted by molar-refractivity contribution is 7.86. The summed E-state index contributed by atoms with van der Waals surface area (Å²) in [5.74, 6) is -0.293. The minimum absolute atomic E-state index is 0.0516. The number of carbonyl (C=O) groups is 1. The van der Waals surface area contributed by atoms with E-state index in [1.165, 1.54) is 5.56 Å². The van der Waals surface area contributed by atoms with E-state index in [1.807, 2.05) is 84.9 Å². The predicted molar refractivity (Wildman–Crippen MR) is 112 cm³/mol. The van der Waals surface area contributed by atoms with Crippen LogP contribution in [0.25, 0.3) is 0 Å². The zero-order valence-electron chi connectivity index (χ0n) is 15.3. The molecular formula is C23H23NO2S. The molecule has 0 fully saturated rings. The number of aryl methyl sites for hydroxylation is 1. The first-order valence-corrected chi connectivity index (χ1v) is 10.4. The van der Waals surface area contributed by atoms with Gasteiger partial charge < -0.3 is 5.32 Å². The number of nitrogens with one attached hydrogen (secondary N) is 1. The number of carbonyl (C=O) groups excluding carboxylic acids is 1. The zero-order chi connectivity index (χ0) is 19.1. The minimum Gasteiger partial charge on any atom is -0.325 e. The summed E-state index contributed by atoms with van der Waals surface area (Å²) in [6.45, 7) is 2.09. The summed E-state index contributed by atoms with van der Waals surface area (Å²) in [5, 5.41) is 2.52. The Bertz CT molecular complexity index is 853. The van der Waals surface area contributed by atoms with Gasteiger partial charge >= 0.3 is 0 Å². The lowest BCUT2D eigenvalue weighted by atomic mass is 10.0. The van der Waals surface area contributed by atoms with Gasteiger partial charge in [0.05, 0.1) is 5.25 Å². The largest absolute Gasteiger partial charge is 0.325 e. The molecule has 0 aromatic heterocycles. The van der Waals surface area contributed by atoms with Crippen molar-refractivity contribution in [1.29, 1.82) is 0 Å². The summed E-state index contributed by atoms with van der Waals surface area (Å²) in [7, 11) is -1.38. The number of amides is 1. The molecule has 3 nitrogen and oxygen atoms in total. The Kier molecular flexibility index (Phi) is 6.55. The topological polar surface area (TPSA) is 46.2 Å². The fraction of sp³-hybridized carbons (Fsp3) is 0.174. The quantitative estimate of drug-likeness (QED) is 0.647. The zero-order valence-corrected chi connectivity index (χ0v) is 16.1. The molecule has 3 aromatic carbocycles. The minimum atomic E-state index is -1.38. The number of benzene rings is 3. The van der Waals surface area contributed by atoms with Gasteiger partial charge in [0.15, 0.2) is 0 Å². The lowest BCUT2D eigenvalue weighted by Gasteiger charge is -2.17. The molecule has 0 bridgehead atoms. The third kappa shape index (κ3) is 5.14. The molecule has 3 aromatic rings. The van der Waals surface area contributed by atoms with Crippen molar-refractivity contribution in [3.63, 3.8) is 0 Å². The number of rotatable bonds is 7. The lowest BCUT2D eigenvalue weighted by Crippen LogP contribution is -2.23. The summed E-state index contributed by atoms with van der Waals surface area (Å²) in [4.78, 5) is 12.4. The van der Waals surface area contributed by atoms with Crippen LogP contribution < -0.4 is 5.32 Å². The molecule has 3 rings (SSSR count). The van der Waals surface area contributed by atoms with Gasteiger partial charge in [0.1, 0.15) is 5.75 Å². The molecule has 0 aliphatic rings. The van der Waals surface area contributed by atoms with Crippen LogP contribution in [0.3, 0.4) is 0 Å². The van der Waals surface area contributed by atoms with Crippen molar-refractivity contribution in [3.05, 3.63) is 102 Å². The van der Waals surface area contributed by atoms with Crippen molar-refractivity contribution >= 4 is 22.4 Å². The molecule has 0 spiro atoms. The molecule has 1 atom stereocenters. The van der Waals surface area contributed by atoms with Crippen molar-refractivity contribution < 1.29 is 9.00 Å². The molecule has 138 valence electrons. The van der Waals surface area contributed by atoms with Gasteiger partial charge in [-0.2, -0.15) is 0 Å². The molecule has 0 aliphatic carbocycles. The van der Waals surface area contributed by atoms with Crippen molar-refractivity contribution in [2.75, 3.05) is 11.1 Å². The Morgan fingerprint density at radius 2 is 1.37 bits per heavy atom. The van der Waals surface area contributed by atoms with Crippen molar-refractivity contribution in [1.82, 2.24) is 0 Å². The lowest BCUT2D eigenvalue weighted by molar-refractivity contribution is -0.113. The average Bonchev–Trinajstić information content (AvgIpc) is 2.70. The van der Waals surface area contributed by atoms with Gasteiger partial charge in [0.25, 0.3) is 0 Å². The predicted octanol–water partition coefficient (Wildman–Crippen LogP) is 4.73. The van der Waals surface area contributed by atoms with E-state index in [1.54, 1.807) is 0 Å². The number of hydrogen-bond donors (Lipinski definition) is 1. The Balaban J connectivity index is 1.75. The molecule has 27 heavy (non-hydrogen) atoms. The normalized spacial score (nSPS) is 11.9. The fourth-order valence-electron chi connectivity index (χ4n) is 2.99. The number of hydrogen-bond acceptors (Lipinski definition) is 2. The van der Waals surface area contributed by atoms with Crippen LogP contribution in [0, 0.1) is 0 Å². The Labute approximate surface area is 162 Å². The maximum Gasteiger partial charge on any atom is 0.237 e. The second-order valence-corrected chi connectivity index (χ2v) is 7.85. The Morgan fingerprint density at radius 1 is 0.852 bits per heavy atom. The molecule has 4 heteroatoms. The first-order valence-electron chi connectivity index (χ1n) is 9.03. The highest BCUT2D eigenvalue weighted by atomic mass is 32.2. The van der Waals surface area contributed by atoms with E-state index in [4.69, 9.17) is 0 Å². The summed E-state index contributed by atoms with van der Waals surface area (Å²) in [6.07, 6.45) is 0.952. The number of anilines is 1. The molecule has 1 unspecified atom stereocenters. The van der Waals surface area contributed by atoms with Crippen molar-refractivity contribution in [2.24, 2.45) is 0 Å². The molecule has 1 amide bonds. The summed E-state index contributed by atoms with van der Waals surface area (Å²) >= 11 is 0. The van der Waals surface area contributed by atoms with Gasteiger partial charge in [-0.15, -0.1) is 0 Å². The smallest absolute Gasteiger partial charge is 0.237 e. The van der Waals surface area contributed by atoms with Crippen LogP contribution in [-0.2, 0) is 22.0 Å². The first kappa shape index (κ1) is 19.1. The fourth-order valence-corrected chi connectivity index (χ4v) is 4.40. The van der Waals surface area contributed by atoms with E-state index in [-0.39, 0.29) is 16.9 Å². The molecule has 0 radical (unpaired) electrons. The first-order chi connectivity index (χ1) is 13.2. The van der Waals surface area contributed by atoms with Crippen LogP contribution in [0.5, 0.6) is 0 Å². The molecule has 0 heterocycles. The van der Waals surface area contributed by atoms with Crippen LogP contribution in [-0.4, -0.2) is 15.9 Å². The molecule has 0 saturated carbocycles. The van der Waals surface area contributed by atoms with Crippen LogP contribution in [0.1, 0.15) is 28.9 Å². The standard InChI is InChI=1S/C23H23NO2S/c1-2-18-13-15-21(16-14-18)24-22(25)17-27(26)23(19-9-5-3-6-10-19)20-11-7-4-8-12-20/h3-16,23H,2,17H2,1H3,(H,24,25). The van der Waals surface area contributed by atoms with Gasteiger partial charge in [-0.3, -0.25) is 9.00 Å². The van der Waals surface area contributed by atoms with Crippen molar-refractivity contribution in [2.45, 2.75) is 18.6 Å². The van der Waals surface area contributed by atoms with E-state index in [0.717, 1.165) is 23.2 Å². The van der Waals surface area contributed by atoms with E-state index < -0.39 is 10.8 Å². The van der Waals surface area contributed by atoms with Crippen molar-refractivity contribution in [3.8, 4) is 0 Å². The Morgan fingerprint density at radius 3 is 1.85 bits per heavy atom. The van der Waals surface area contributed by atoms with Crippen LogP contribution in [0.15, 0.2) is 84.9 Å². The second-order valence-electron chi connectivity index (χ2n) is 6.33.